The summed E-state index contributed by atoms with van der Waals surface area (Å²) in [5.74, 6) is 1.49. The van der Waals surface area contributed by atoms with Gasteiger partial charge in [-0.1, -0.05) is 13.0 Å². The molecule has 26 heavy (non-hydrogen) atoms. The summed E-state index contributed by atoms with van der Waals surface area (Å²) in [5, 5.41) is 2.99. The molecule has 0 saturated heterocycles. The number of rotatable bonds is 8. The summed E-state index contributed by atoms with van der Waals surface area (Å²) >= 11 is 0. The highest BCUT2D eigenvalue weighted by molar-refractivity contribution is 5.94. The zero-order valence-electron chi connectivity index (χ0n) is 16.4. The minimum absolute atomic E-state index is 0.0740. The first kappa shape index (κ1) is 19.8. The van der Waals surface area contributed by atoms with Crippen LogP contribution in [0.15, 0.2) is 36.4 Å². The molecule has 0 aromatic heterocycles. The van der Waals surface area contributed by atoms with Gasteiger partial charge in [0.1, 0.15) is 18.1 Å². The quantitative estimate of drug-likeness (QED) is 0.739. The SMILES string of the molecule is CCOc1ccc(C(=O)NC(C)CC)cc1COc1cc(C)cc(C)c1. The van der Waals surface area contributed by atoms with Crippen LogP contribution in [0.2, 0.25) is 0 Å². The highest BCUT2D eigenvalue weighted by atomic mass is 16.5. The van der Waals surface area contributed by atoms with Crippen LogP contribution in [0, 0.1) is 13.8 Å². The third kappa shape index (κ3) is 5.51. The minimum atomic E-state index is -0.0740. The summed E-state index contributed by atoms with van der Waals surface area (Å²) in [4.78, 5) is 12.4. The molecule has 0 radical (unpaired) electrons. The molecule has 1 N–H and O–H groups in total. The molecule has 2 rings (SSSR count). The first-order valence-electron chi connectivity index (χ1n) is 9.20. The van der Waals surface area contributed by atoms with Crippen LogP contribution in [-0.4, -0.2) is 18.6 Å². The van der Waals surface area contributed by atoms with Crippen LogP contribution in [0.4, 0.5) is 0 Å². The van der Waals surface area contributed by atoms with Gasteiger partial charge in [-0.25, -0.2) is 0 Å². The van der Waals surface area contributed by atoms with Gasteiger partial charge < -0.3 is 14.8 Å². The highest BCUT2D eigenvalue weighted by Crippen LogP contribution is 2.24. The Hall–Kier alpha value is -2.49. The third-order valence-electron chi connectivity index (χ3n) is 4.20. The Morgan fingerprint density at radius 1 is 1.04 bits per heavy atom. The van der Waals surface area contributed by atoms with Crippen LogP contribution in [0.5, 0.6) is 11.5 Å². The van der Waals surface area contributed by atoms with Crippen LogP contribution in [-0.2, 0) is 6.61 Å². The van der Waals surface area contributed by atoms with Gasteiger partial charge in [-0.15, -0.1) is 0 Å². The van der Waals surface area contributed by atoms with Crippen molar-refractivity contribution in [1.29, 1.82) is 0 Å². The predicted molar refractivity (Wildman–Crippen MR) is 105 cm³/mol. The first-order valence-corrected chi connectivity index (χ1v) is 9.20. The number of carbonyl (C=O) groups is 1. The molecular formula is C22H29NO3. The van der Waals surface area contributed by atoms with E-state index in [4.69, 9.17) is 9.47 Å². The van der Waals surface area contributed by atoms with E-state index in [1.54, 1.807) is 6.07 Å². The van der Waals surface area contributed by atoms with Crippen LogP contribution >= 0.6 is 0 Å². The van der Waals surface area contributed by atoms with E-state index in [0.717, 1.165) is 34.6 Å². The molecule has 0 aliphatic rings. The zero-order valence-corrected chi connectivity index (χ0v) is 16.4. The number of amides is 1. The number of nitrogens with one attached hydrogen (secondary N) is 1. The molecule has 4 heteroatoms. The second kappa shape index (κ2) is 9.27. The maximum Gasteiger partial charge on any atom is 0.251 e. The zero-order chi connectivity index (χ0) is 19.1. The van der Waals surface area contributed by atoms with Crippen molar-refractivity contribution < 1.29 is 14.3 Å². The van der Waals surface area contributed by atoms with Crippen molar-refractivity contribution in [1.82, 2.24) is 5.32 Å². The molecule has 2 aromatic rings. The van der Waals surface area contributed by atoms with Crippen molar-refractivity contribution >= 4 is 5.91 Å². The number of benzene rings is 2. The summed E-state index contributed by atoms with van der Waals surface area (Å²) in [6.07, 6.45) is 0.894. The van der Waals surface area contributed by atoms with Crippen molar-refractivity contribution in [3.63, 3.8) is 0 Å². The molecule has 4 nitrogen and oxygen atoms in total. The molecule has 0 bridgehead atoms. The van der Waals surface area contributed by atoms with Crippen LogP contribution < -0.4 is 14.8 Å². The summed E-state index contributed by atoms with van der Waals surface area (Å²) in [6, 6.07) is 11.8. The lowest BCUT2D eigenvalue weighted by Crippen LogP contribution is -2.32. The molecule has 2 aromatic carbocycles. The van der Waals surface area contributed by atoms with Crippen molar-refractivity contribution in [2.24, 2.45) is 0 Å². The van der Waals surface area contributed by atoms with E-state index < -0.39 is 0 Å². The van der Waals surface area contributed by atoms with Crippen LogP contribution in [0.25, 0.3) is 0 Å². The van der Waals surface area contributed by atoms with Crippen LogP contribution in [0.1, 0.15) is 54.2 Å². The normalized spacial score (nSPS) is 11.7. The fraction of sp³-hybridized carbons (Fsp3) is 0.409. The molecule has 0 fully saturated rings. The monoisotopic (exact) mass is 355 g/mol. The number of hydrogen-bond donors (Lipinski definition) is 1. The molecule has 1 amide bonds. The average Bonchev–Trinajstić information content (AvgIpc) is 2.60. The number of ether oxygens (including phenoxy) is 2. The second-order valence-corrected chi connectivity index (χ2v) is 6.65. The molecule has 0 spiro atoms. The van der Waals surface area contributed by atoms with E-state index >= 15 is 0 Å². The summed E-state index contributed by atoms with van der Waals surface area (Å²) in [6.45, 7) is 11.0. The highest BCUT2D eigenvalue weighted by Gasteiger charge is 2.13. The van der Waals surface area contributed by atoms with Gasteiger partial charge in [0.05, 0.1) is 6.61 Å². The van der Waals surface area contributed by atoms with Gasteiger partial charge in [-0.05, 0) is 75.6 Å². The molecule has 0 aliphatic carbocycles. The molecular weight excluding hydrogens is 326 g/mol. The minimum Gasteiger partial charge on any atom is -0.493 e. The maximum atomic E-state index is 12.4. The molecule has 1 unspecified atom stereocenters. The Kier molecular flexibility index (Phi) is 7.07. The van der Waals surface area contributed by atoms with Gasteiger partial charge in [-0.3, -0.25) is 4.79 Å². The van der Waals surface area contributed by atoms with Crippen molar-refractivity contribution in [3.8, 4) is 11.5 Å². The van der Waals surface area contributed by atoms with E-state index in [-0.39, 0.29) is 11.9 Å². The molecule has 0 aliphatic heterocycles. The van der Waals surface area contributed by atoms with E-state index in [1.165, 1.54) is 0 Å². The molecule has 140 valence electrons. The summed E-state index contributed by atoms with van der Waals surface area (Å²) < 4.78 is 11.7. The molecule has 0 saturated carbocycles. The Morgan fingerprint density at radius 2 is 1.73 bits per heavy atom. The Morgan fingerprint density at radius 3 is 2.35 bits per heavy atom. The van der Waals surface area contributed by atoms with Gasteiger partial charge in [0.25, 0.3) is 5.91 Å². The Balaban J connectivity index is 2.20. The van der Waals surface area contributed by atoms with E-state index in [9.17, 15) is 4.79 Å². The lowest BCUT2D eigenvalue weighted by atomic mass is 10.1. The van der Waals surface area contributed by atoms with Crippen molar-refractivity contribution in [2.45, 2.75) is 53.7 Å². The standard InChI is InChI=1S/C22H29NO3/c1-6-17(5)23-22(24)18-8-9-21(25-7-2)19(13-18)14-26-20-11-15(3)10-16(4)12-20/h8-13,17H,6-7,14H2,1-5H3,(H,23,24). The van der Waals surface area contributed by atoms with Gasteiger partial charge in [0.15, 0.2) is 0 Å². The van der Waals surface area contributed by atoms with Crippen LogP contribution in [0.3, 0.4) is 0 Å². The summed E-state index contributed by atoms with van der Waals surface area (Å²) in [5.41, 5.74) is 3.80. The summed E-state index contributed by atoms with van der Waals surface area (Å²) in [7, 11) is 0. The van der Waals surface area contributed by atoms with Gasteiger partial charge in [-0.2, -0.15) is 0 Å². The fourth-order valence-corrected chi connectivity index (χ4v) is 2.72. The van der Waals surface area contributed by atoms with E-state index in [2.05, 4.69) is 11.4 Å². The van der Waals surface area contributed by atoms with E-state index in [0.29, 0.717) is 18.8 Å². The predicted octanol–water partition coefficient (Wildman–Crippen LogP) is 4.81. The van der Waals surface area contributed by atoms with Gasteiger partial charge >= 0.3 is 0 Å². The lowest BCUT2D eigenvalue weighted by Gasteiger charge is -2.15. The lowest BCUT2D eigenvalue weighted by molar-refractivity contribution is 0.0939. The number of aryl methyl sites for hydroxylation is 2. The maximum absolute atomic E-state index is 12.4. The number of hydrogen-bond acceptors (Lipinski definition) is 3. The first-order chi connectivity index (χ1) is 12.4. The topological polar surface area (TPSA) is 47.6 Å². The Labute approximate surface area is 156 Å². The smallest absolute Gasteiger partial charge is 0.251 e. The Bertz CT molecular complexity index is 735. The number of carbonyl (C=O) groups excluding carboxylic acids is 1. The van der Waals surface area contributed by atoms with Gasteiger partial charge in [0, 0.05) is 17.2 Å². The molecule has 0 heterocycles. The van der Waals surface area contributed by atoms with Crippen molar-refractivity contribution in [2.75, 3.05) is 6.61 Å². The van der Waals surface area contributed by atoms with E-state index in [1.807, 2.05) is 58.9 Å². The fourth-order valence-electron chi connectivity index (χ4n) is 2.72. The second-order valence-electron chi connectivity index (χ2n) is 6.65. The largest absolute Gasteiger partial charge is 0.493 e. The van der Waals surface area contributed by atoms with Gasteiger partial charge in [0.2, 0.25) is 0 Å². The molecule has 1 atom stereocenters. The average molecular weight is 355 g/mol. The third-order valence-corrected chi connectivity index (χ3v) is 4.20. The van der Waals surface area contributed by atoms with Crippen molar-refractivity contribution in [3.05, 3.63) is 58.7 Å².